The van der Waals surface area contributed by atoms with Crippen LogP contribution in [0.25, 0.3) is 11.1 Å². The van der Waals surface area contributed by atoms with E-state index in [1.165, 1.54) is 0 Å². The molecule has 1 aliphatic rings. The van der Waals surface area contributed by atoms with E-state index in [1.807, 2.05) is 30.3 Å². The maximum Gasteiger partial charge on any atom is 0.142 e. The number of aromatic nitrogens is 1. The number of rotatable bonds is 5. The average molecular weight is 499 g/mol. The number of nitrogens with two attached hydrogens (primary N) is 1. The Kier molecular flexibility index (Phi) is 6.35. The van der Waals surface area contributed by atoms with Gasteiger partial charge in [0, 0.05) is 21.3 Å². The number of ether oxygens (including phenoxy) is 2. The van der Waals surface area contributed by atoms with Crippen molar-refractivity contribution in [2.24, 2.45) is 0 Å². The number of methoxy groups -OCH3 is 1. The number of nitrogens with zero attached hydrogens (tertiary/aromatic N) is 2. The topological polar surface area (TPSA) is 81.2 Å². The number of aryl methyl sites for hydroxylation is 1. The molecular weight excluding hydrogens is 478 g/mol. The van der Waals surface area contributed by atoms with Crippen molar-refractivity contribution in [3.05, 3.63) is 68.3 Å². The second-order valence-corrected chi connectivity index (χ2v) is 8.70. The first kappa shape index (κ1) is 21.5. The van der Waals surface area contributed by atoms with E-state index < -0.39 is 0 Å². The molecule has 0 saturated heterocycles. The average Bonchev–Trinajstić information content (AvgIpc) is 2.77. The minimum absolute atomic E-state index is 0.267. The standard InChI is InChI=1S/C24H21BrClN3O2/c1-30-21-8-6-14(10-15(21)13-31-22-9-7-16(25)11-19(22)26)23-17-4-2-3-5-20(17)29-24(28)18(23)12-27/h6-11H,2-5,13H2,1H3,(H2,28,29). The minimum atomic E-state index is 0.267. The number of pyridine rings is 1. The summed E-state index contributed by atoms with van der Waals surface area (Å²) in [5.41, 5.74) is 11.3. The van der Waals surface area contributed by atoms with E-state index in [1.54, 1.807) is 13.2 Å². The Balaban J connectivity index is 1.76. The highest BCUT2D eigenvalue weighted by molar-refractivity contribution is 9.10. The molecule has 0 saturated carbocycles. The number of hydrogen-bond donors (Lipinski definition) is 1. The van der Waals surface area contributed by atoms with Gasteiger partial charge in [0.05, 0.1) is 12.1 Å². The molecule has 0 spiro atoms. The Labute approximate surface area is 194 Å². The fourth-order valence-corrected chi connectivity index (χ4v) is 4.72. The molecule has 31 heavy (non-hydrogen) atoms. The first-order valence-corrected chi connectivity index (χ1v) is 11.2. The van der Waals surface area contributed by atoms with Crippen LogP contribution in [0.1, 0.15) is 35.2 Å². The number of anilines is 1. The summed E-state index contributed by atoms with van der Waals surface area (Å²) in [4.78, 5) is 4.51. The van der Waals surface area contributed by atoms with Crippen LogP contribution in [0.3, 0.4) is 0 Å². The Morgan fingerprint density at radius 3 is 2.68 bits per heavy atom. The first-order valence-electron chi connectivity index (χ1n) is 9.98. The van der Waals surface area contributed by atoms with Gasteiger partial charge in [0.15, 0.2) is 0 Å². The summed E-state index contributed by atoms with van der Waals surface area (Å²) in [5, 5.41) is 10.3. The fraction of sp³-hybridized carbons (Fsp3) is 0.250. The van der Waals surface area contributed by atoms with Gasteiger partial charge in [-0.25, -0.2) is 4.98 Å². The second kappa shape index (κ2) is 9.17. The van der Waals surface area contributed by atoms with E-state index in [2.05, 4.69) is 27.0 Å². The largest absolute Gasteiger partial charge is 0.496 e. The molecule has 0 amide bonds. The summed E-state index contributed by atoms with van der Waals surface area (Å²) in [6, 6.07) is 13.6. The molecule has 0 unspecified atom stereocenters. The SMILES string of the molecule is COc1ccc(-c2c(C#N)c(N)nc3c2CCCC3)cc1COc1ccc(Br)cc1Cl. The molecule has 0 bridgehead atoms. The fourth-order valence-electron chi connectivity index (χ4n) is 3.99. The Morgan fingerprint density at radius 2 is 1.94 bits per heavy atom. The summed E-state index contributed by atoms with van der Waals surface area (Å²) < 4.78 is 12.4. The number of hydrogen-bond acceptors (Lipinski definition) is 5. The number of benzene rings is 2. The summed E-state index contributed by atoms with van der Waals surface area (Å²) in [7, 11) is 1.62. The molecular formula is C24H21BrClN3O2. The Bertz CT molecular complexity index is 1190. The molecule has 2 aromatic carbocycles. The third-order valence-corrected chi connectivity index (χ3v) is 6.25. The minimum Gasteiger partial charge on any atom is -0.496 e. The van der Waals surface area contributed by atoms with Crippen LogP contribution in [0, 0.1) is 11.3 Å². The van der Waals surface area contributed by atoms with Crippen molar-refractivity contribution >= 4 is 33.3 Å². The second-order valence-electron chi connectivity index (χ2n) is 7.38. The van der Waals surface area contributed by atoms with Crippen LogP contribution in [-0.2, 0) is 19.4 Å². The smallest absolute Gasteiger partial charge is 0.142 e. The maximum absolute atomic E-state index is 9.80. The van der Waals surface area contributed by atoms with Gasteiger partial charge in [-0.2, -0.15) is 5.26 Å². The number of fused-ring (bicyclic) bond motifs is 1. The Hall–Kier alpha value is -2.75. The molecule has 0 radical (unpaired) electrons. The van der Waals surface area contributed by atoms with Crippen molar-refractivity contribution in [3.63, 3.8) is 0 Å². The predicted molar refractivity (Wildman–Crippen MR) is 125 cm³/mol. The van der Waals surface area contributed by atoms with Gasteiger partial charge in [-0.1, -0.05) is 33.6 Å². The van der Waals surface area contributed by atoms with Crippen molar-refractivity contribution in [1.82, 2.24) is 4.98 Å². The van der Waals surface area contributed by atoms with Gasteiger partial charge in [-0.15, -0.1) is 0 Å². The first-order chi connectivity index (χ1) is 15.0. The van der Waals surface area contributed by atoms with Crippen LogP contribution in [0.15, 0.2) is 40.9 Å². The number of nitriles is 1. The lowest BCUT2D eigenvalue weighted by atomic mass is 9.86. The highest BCUT2D eigenvalue weighted by Crippen LogP contribution is 2.38. The van der Waals surface area contributed by atoms with E-state index in [-0.39, 0.29) is 12.4 Å². The molecule has 1 aromatic heterocycles. The van der Waals surface area contributed by atoms with E-state index in [0.29, 0.717) is 22.1 Å². The van der Waals surface area contributed by atoms with Gasteiger partial charge in [0.1, 0.15) is 35.6 Å². The molecule has 158 valence electrons. The summed E-state index contributed by atoms with van der Waals surface area (Å²) in [6.07, 6.45) is 3.93. The molecule has 4 rings (SSSR count). The summed E-state index contributed by atoms with van der Waals surface area (Å²) in [6.45, 7) is 0.267. The van der Waals surface area contributed by atoms with Crippen molar-refractivity contribution in [2.75, 3.05) is 12.8 Å². The van der Waals surface area contributed by atoms with Crippen LogP contribution in [0.5, 0.6) is 11.5 Å². The van der Waals surface area contributed by atoms with Gasteiger partial charge < -0.3 is 15.2 Å². The van der Waals surface area contributed by atoms with Gasteiger partial charge in [-0.3, -0.25) is 0 Å². The lowest BCUT2D eigenvalue weighted by molar-refractivity contribution is 0.297. The molecule has 1 heterocycles. The third kappa shape index (κ3) is 4.34. The summed E-state index contributed by atoms with van der Waals surface area (Å²) in [5.74, 6) is 1.57. The van der Waals surface area contributed by atoms with Crippen LogP contribution >= 0.6 is 27.5 Å². The van der Waals surface area contributed by atoms with E-state index in [4.69, 9.17) is 26.8 Å². The summed E-state index contributed by atoms with van der Waals surface area (Å²) >= 11 is 9.69. The molecule has 7 heteroatoms. The Morgan fingerprint density at radius 1 is 1.16 bits per heavy atom. The monoisotopic (exact) mass is 497 g/mol. The van der Waals surface area contributed by atoms with Gasteiger partial charge >= 0.3 is 0 Å². The molecule has 0 aliphatic heterocycles. The quantitative estimate of drug-likeness (QED) is 0.461. The highest BCUT2D eigenvalue weighted by Gasteiger charge is 2.22. The van der Waals surface area contributed by atoms with E-state index in [0.717, 1.165) is 58.1 Å². The van der Waals surface area contributed by atoms with E-state index >= 15 is 0 Å². The predicted octanol–water partition coefficient (Wildman–Crippen LogP) is 6.08. The molecule has 0 atom stereocenters. The van der Waals surface area contributed by atoms with Crippen molar-refractivity contribution in [2.45, 2.75) is 32.3 Å². The molecule has 3 aromatic rings. The third-order valence-electron chi connectivity index (χ3n) is 5.46. The lowest BCUT2D eigenvalue weighted by Gasteiger charge is -2.22. The maximum atomic E-state index is 9.80. The van der Waals surface area contributed by atoms with Crippen molar-refractivity contribution < 1.29 is 9.47 Å². The normalized spacial score (nSPS) is 12.7. The zero-order valence-electron chi connectivity index (χ0n) is 17.0. The lowest BCUT2D eigenvalue weighted by Crippen LogP contribution is -2.12. The van der Waals surface area contributed by atoms with Crippen molar-refractivity contribution in [3.8, 4) is 28.7 Å². The highest BCUT2D eigenvalue weighted by atomic mass is 79.9. The molecule has 1 aliphatic carbocycles. The zero-order chi connectivity index (χ0) is 22.0. The molecule has 2 N–H and O–H groups in total. The van der Waals surface area contributed by atoms with Gasteiger partial charge in [0.2, 0.25) is 0 Å². The van der Waals surface area contributed by atoms with Crippen LogP contribution in [0.4, 0.5) is 5.82 Å². The molecule has 0 fully saturated rings. The number of halogens is 2. The van der Waals surface area contributed by atoms with Gasteiger partial charge in [0.25, 0.3) is 0 Å². The van der Waals surface area contributed by atoms with Crippen LogP contribution < -0.4 is 15.2 Å². The zero-order valence-corrected chi connectivity index (χ0v) is 19.4. The number of nitrogen functional groups attached to an aromatic ring is 1. The van der Waals surface area contributed by atoms with Gasteiger partial charge in [-0.05, 0) is 67.1 Å². The van der Waals surface area contributed by atoms with Crippen LogP contribution in [0.2, 0.25) is 5.02 Å². The van der Waals surface area contributed by atoms with Crippen molar-refractivity contribution in [1.29, 1.82) is 5.26 Å². The van der Waals surface area contributed by atoms with Crippen LogP contribution in [-0.4, -0.2) is 12.1 Å². The molecule has 5 nitrogen and oxygen atoms in total. The van der Waals surface area contributed by atoms with E-state index in [9.17, 15) is 5.26 Å².